The van der Waals surface area contributed by atoms with E-state index < -0.39 is 0 Å². The third-order valence-corrected chi connectivity index (χ3v) is 5.00. The van der Waals surface area contributed by atoms with Gasteiger partial charge in [0.1, 0.15) is 4.60 Å². The number of nitrogens with zero attached hydrogens (tertiary/aromatic N) is 2. The van der Waals surface area contributed by atoms with Gasteiger partial charge in [0.2, 0.25) is 0 Å². The summed E-state index contributed by atoms with van der Waals surface area (Å²) < 4.78 is 6.23. The van der Waals surface area contributed by atoms with Crippen LogP contribution in [0.3, 0.4) is 0 Å². The Labute approximate surface area is 143 Å². The fourth-order valence-corrected chi connectivity index (χ4v) is 3.75. The minimum Gasteiger partial charge on any atom is -0.378 e. The summed E-state index contributed by atoms with van der Waals surface area (Å²) in [7, 11) is 0. The minimum absolute atomic E-state index is 0.147. The van der Waals surface area contributed by atoms with Crippen LogP contribution in [-0.4, -0.2) is 42.0 Å². The minimum atomic E-state index is 0.147. The third kappa shape index (κ3) is 2.79. The van der Waals surface area contributed by atoms with Crippen molar-refractivity contribution in [1.29, 1.82) is 0 Å². The predicted octanol–water partition coefficient (Wildman–Crippen LogP) is 3.12. The fraction of sp³-hybridized carbons (Fsp3) is 0.333. The molecular formula is C18H17BrN2O2. The number of carbonyl (C=O) groups excluding carboxylic acids is 1. The number of hydrogen-bond acceptors (Lipinski definition) is 4. The van der Waals surface area contributed by atoms with E-state index in [1.807, 2.05) is 24.3 Å². The first-order chi connectivity index (χ1) is 11.2. The molecule has 1 saturated heterocycles. The summed E-state index contributed by atoms with van der Waals surface area (Å²) in [5.41, 5.74) is 5.22. The molecule has 1 aromatic heterocycles. The van der Waals surface area contributed by atoms with Crippen LogP contribution in [0.15, 0.2) is 51.8 Å². The van der Waals surface area contributed by atoms with Crippen molar-refractivity contribution in [2.24, 2.45) is 0 Å². The molecule has 5 heteroatoms. The van der Waals surface area contributed by atoms with Crippen LogP contribution >= 0.6 is 15.9 Å². The largest absolute Gasteiger partial charge is 0.378 e. The molecule has 0 N–H and O–H groups in total. The Morgan fingerprint density at radius 1 is 1.17 bits per heavy atom. The highest BCUT2D eigenvalue weighted by atomic mass is 79.9. The van der Waals surface area contributed by atoms with E-state index in [4.69, 9.17) is 4.74 Å². The van der Waals surface area contributed by atoms with E-state index in [-0.39, 0.29) is 5.78 Å². The fourth-order valence-electron chi connectivity index (χ4n) is 3.41. The van der Waals surface area contributed by atoms with Crippen molar-refractivity contribution in [3.05, 3.63) is 57.5 Å². The molecule has 0 radical (unpaired) electrons. The lowest BCUT2D eigenvalue weighted by atomic mass is 9.91. The second-order valence-electron chi connectivity index (χ2n) is 5.90. The maximum atomic E-state index is 12.5. The van der Waals surface area contributed by atoms with Crippen LogP contribution in [-0.2, 0) is 9.53 Å². The van der Waals surface area contributed by atoms with Gasteiger partial charge in [-0.2, -0.15) is 0 Å². The van der Waals surface area contributed by atoms with Crippen molar-refractivity contribution in [2.75, 3.05) is 26.3 Å². The van der Waals surface area contributed by atoms with Crippen LogP contribution in [0.4, 0.5) is 0 Å². The molecule has 1 aromatic rings. The van der Waals surface area contributed by atoms with Gasteiger partial charge >= 0.3 is 0 Å². The van der Waals surface area contributed by atoms with Gasteiger partial charge < -0.3 is 9.64 Å². The maximum absolute atomic E-state index is 12.5. The van der Waals surface area contributed by atoms with Crippen LogP contribution in [0.25, 0.3) is 5.57 Å². The number of hydrogen-bond donors (Lipinski definition) is 0. The van der Waals surface area contributed by atoms with Crippen LogP contribution in [0.5, 0.6) is 0 Å². The predicted molar refractivity (Wildman–Crippen MR) is 91.7 cm³/mol. The molecule has 118 valence electrons. The van der Waals surface area contributed by atoms with Crippen molar-refractivity contribution in [3.8, 4) is 0 Å². The number of halogens is 1. The van der Waals surface area contributed by atoms with Gasteiger partial charge in [-0.15, -0.1) is 0 Å². The van der Waals surface area contributed by atoms with Gasteiger partial charge in [0.25, 0.3) is 0 Å². The first-order valence-corrected chi connectivity index (χ1v) is 8.65. The molecule has 1 aliphatic heterocycles. The summed E-state index contributed by atoms with van der Waals surface area (Å²) in [6, 6.07) is 5.90. The van der Waals surface area contributed by atoms with E-state index in [0.29, 0.717) is 6.42 Å². The average Bonchev–Trinajstić information content (AvgIpc) is 3.00. The summed E-state index contributed by atoms with van der Waals surface area (Å²) in [5, 5.41) is 0. The molecule has 2 aliphatic carbocycles. The highest BCUT2D eigenvalue weighted by Gasteiger charge is 2.30. The van der Waals surface area contributed by atoms with Crippen molar-refractivity contribution in [1.82, 2.24) is 9.88 Å². The molecule has 23 heavy (non-hydrogen) atoms. The summed E-state index contributed by atoms with van der Waals surface area (Å²) in [5.74, 6) is 0.147. The number of ketones is 1. The van der Waals surface area contributed by atoms with Crippen LogP contribution in [0.1, 0.15) is 18.5 Å². The van der Waals surface area contributed by atoms with E-state index in [1.165, 1.54) is 0 Å². The van der Waals surface area contributed by atoms with E-state index in [9.17, 15) is 4.79 Å². The van der Waals surface area contributed by atoms with Crippen molar-refractivity contribution >= 4 is 27.3 Å². The van der Waals surface area contributed by atoms with Crippen LogP contribution in [0.2, 0.25) is 0 Å². The average molecular weight is 373 g/mol. The molecule has 3 aliphatic rings. The lowest BCUT2D eigenvalue weighted by molar-refractivity contribution is -0.111. The van der Waals surface area contributed by atoms with Gasteiger partial charge in [-0.3, -0.25) is 4.79 Å². The summed E-state index contributed by atoms with van der Waals surface area (Å²) in [6.45, 7) is 3.17. The zero-order chi connectivity index (χ0) is 15.8. The summed E-state index contributed by atoms with van der Waals surface area (Å²) >= 11 is 3.43. The number of morpholine rings is 1. The molecule has 0 atom stereocenters. The molecule has 1 fully saturated rings. The monoisotopic (exact) mass is 372 g/mol. The molecule has 4 nitrogen and oxygen atoms in total. The smallest absolute Gasteiger partial charge is 0.184 e. The first kappa shape index (κ1) is 14.8. The van der Waals surface area contributed by atoms with E-state index in [1.54, 1.807) is 0 Å². The molecule has 0 saturated carbocycles. The normalized spacial score (nSPS) is 21.3. The number of carbonyl (C=O) groups is 1. The van der Waals surface area contributed by atoms with Gasteiger partial charge in [-0.25, -0.2) is 4.98 Å². The number of aromatic nitrogens is 1. The number of allylic oxidation sites excluding steroid dienone is 5. The van der Waals surface area contributed by atoms with Crippen LogP contribution < -0.4 is 0 Å². The van der Waals surface area contributed by atoms with Crippen LogP contribution in [0, 0.1) is 0 Å². The Hall–Kier alpha value is -1.72. The van der Waals surface area contributed by atoms with E-state index in [2.05, 4.69) is 31.9 Å². The maximum Gasteiger partial charge on any atom is 0.184 e. The highest BCUT2D eigenvalue weighted by Crippen LogP contribution is 2.40. The Kier molecular flexibility index (Phi) is 3.91. The number of pyridine rings is 1. The second kappa shape index (κ2) is 6.06. The Bertz CT molecular complexity index is 758. The van der Waals surface area contributed by atoms with E-state index >= 15 is 0 Å². The molecule has 0 aromatic carbocycles. The quantitative estimate of drug-likeness (QED) is 0.748. The van der Waals surface area contributed by atoms with Gasteiger partial charge in [-0.05, 0) is 40.1 Å². The zero-order valence-electron chi connectivity index (χ0n) is 12.7. The lowest BCUT2D eigenvalue weighted by Gasteiger charge is -2.33. The number of ether oxygens (including phenoxy) is 1. The first-order valence-electron chi connectivity index (χ1n) is 7.85. The molecule has 0 unspecified atom stereocenters. The third-order valence-electron chi connectivity index (χ3n) is 4.56. The number of rotatable bonds is 2. The molecule has 0 bridgehead atoms. The Morgan fingerprint density at radius 2 is 2.00 bits per heavy atom. The SMILES string of the molecule is O=C1C=C(N2CCOCC2)CC2=C1CC=C2c1cccc(Br)n1. The lowest BCUT2D eigenvalue weighted by Crippen LogP contribution is -2.36. The molecule has 0 amide bonds. The van der Waals surface area contributed by atoms with E-state index in [0.717, 1.165) is 65.4 Å². The molecular weight excluding hydrogens is 356 g/mol. The van der Waals surface area contributed by atoms with Crippen molar-refractivity contribution in [2.45, 2.75) is 12.8 Å². The summed E-state index contributed by atoms with van der Waals surface area (Å²) in [6.07, 6.45) is 5.47. The van der Waals surface area contributed by atoms with Gasteiger partial charge in [0, 0.05) is 42.4 Å². The zero-order valence-corrected chi connectivity index (χ0v) is 14.3. The van der Waals surface area contributed by atoms with Crippen molar-refractivity contribution in [3.63, 3.8) is 0 Å². The van der Waals surface area contributed by atoms with Gasteiger partial charge in [0.05, 0.1) is 18.9 Å². The molecule has 0 spiro atoms. The Balaban J connectivity index is 1.63. The molecule has 4 rings (SSSR count). The van der Waals surface area contributed by atoms with Gasteiger partial charge in [-0.1, -0.05) is 12.1 Å². The molecule has 2 heterocycles. The standard InChI is InChI=1S/C18H17BrN2O2/c19-18-3-1-2-16(20-18)13-4-5-14-15(13)10-12(11-17(14)22)21-6-8-23-9-7-21/h1-4,11H,5-10H2. The van der Waals surface area contributed by atoms with Gasteiger partial charge in [0.15, 0.2) is 5.78 Å². The highest BCUT2D eigenvalue weighted by molar-refractivity contribution is 9.10. The Morgan fingerprint density at radius 3 is 2.78 bits per heavy atom. The summed E-state index contributed by atoms with van der Waals surface area (Å²) in [4.78, 5) is 19.3. The van der Waals surface area contributed by atoms with Crippen molar-refractivity contribution < 1.29 is 9.53 Å². The topological polar surface area (TPSA) is 42.4 Å². The second-order valence-corrected chi connectivity index (χ2v) is 6.71.